The van der Waals surface area contributed by atoms with Crippen LogP contribution in [0.1, 0.15) is 53.2 Å². The van der Waals surface area contributed by atoms with Crippen LogP contribution in [0.15, 0.2) is 83.9 Å². The molecule has 4 nitrogen and oxygen atoms in total. The van der Waals surface area contributed by atoms with E-state index in [-0.39, 0.29) is 5.92 Å². The third kappa shape index (κ3) is 6.30. The predicted octanol–water partition coefficient (Wildman–Crippen LogP) is 7.48. The van der Waals surface area contributed by atoms with Crippen LogP contribution in [-0.4, -0.2) is 20.6 Å². The molecular weight excluding hydrogens is 476 g/mol. The van der Waals surface area contributed by atoms with Crippen LogP contribution in [0, 0.1) is 0 Å². The summed E-state index contributed by atoms with van der Waals surface area (Å²) in [4.78, 5) is 18.3. The fourth-order valence-electron chi connectivity index (χ4n) is 4.23. The van der Waals surface area contributed by atoms with Crippen molar-refractivity contribution in [3.05, 3.63) is 116 Å². The van der Waals surface area contributed by atoms with Crippen molar-refractivity contribution in [2.75, 3.05) is 0 Å². The molecule has 0 aliphatic rings. The van der Waals surface area contributed by atoms with Crippen LogP contribution in [0.5, 0.6) is 0 Å². The number of aliphatic carboxylic acids is 1. The van der Waals surface area contributed by atoms with Gasteiger partial charge in [-0.15, -0.1) is 11.3 Å². The summed E-state index contributed by atoms with van der Waals surface area (Å²) in [6.07, 6.45) is 7.10. The van der Waals surface area contributed by atoms with Gasteiger partial charge < -0.3 is 9.67 Å². The first-order valence-corrected chi connectivity index (χ1v) is 13.1. The molecule has 4 aromatic rings. The molecule has 6 heteroatoms. The standard InChI is InChI=1S/C29H29ClN2O2S/c1-2-3-15-28-31-19-23(32(28)20-22-12-7-8-13-26(22)30)18-25(29(33)34)24(27-14-9-16-35-27)17-21-10-5-4-6-11-21/h4-14,16,18-19,24H,2-3,15,17,20H2,1H3,(H,33,34). The number of carbonyl (C=O) groups is 1. The zero-order valence-electron chi connectivity index (χ0n) is 19.7. The quantitative estimate of drug-likeness (QED) is 0.215. The molecule has 1 atom stereocenters. The van der Waals surface area contributed by atoms with E-state index in [0.29, 0.717) is 23.6 Å². The number of unbranched alkanes of at least 4 members (excludes halogenated alkanes) is 1. The third-order valence-corrected chi connectivity index (χ3v) is 7.46. The highest BCUT2D eigenvalue weighted by Gasteiger charge is 2.25. The third-order valence-electron chi connectivity index (χ3n) is 6.10. The Balaban J connectivity index is 1.78. The Labute approximate surface area is 215 Å². The molecule has 0 saturated heterocycles. The van der Waals surface area contributed by atoms with Crippen molar-refractivity contribution < 1.29 is 9.90 Å². The lowest BCUT2D eigenvalue weighted by atomic mass is 9.89. The molecule has 0 aliphatic heterocycles. The van der Waals surface area contributed by atoms with Crippen molar-refractivity contribution in [3.8, 4) is 0 Å². The number of carboxylic acid groups (broad SMARTS) is 1. The van der Waals surface area contributed by atoms with Gasteiger partial charge in [-0.2, -0.15) is 0 Å². The first-order chi connectivity index (χ1) is 17.1. The number of carboxylic acids is 1. The first-order valence-electron chi connectivity index (χ1n) is 11.9. The Morgan fingerprint density at radius 3 is 2.57 bits per heavy atom. The summed E-state index contributed by atoms with van der Waals surface area (Å²) in [5.41, 5.74) is 3.23. The molecule has 1 N–H and O–H groups in total. The van der Waals surface area contributed by atoms with Gasteiger partial charge in [0.2, 0.25) is 0 Å². The molecule has 0 radical (unpaired) electrons. The molecule has 0 fully saturated rings. The summed E-state index contributed by atoms with van der Waals surface area (Å²) in [6.45, 7) is 2.69. The number of nitrogens with zero attached hydrogens (tertiary/aromatic N) is 2. The molecule has 1 unspecified atom stereocenters. The van der Waals surface area contributed by atoms with Gasteiger partial charge in [0, 0.05) is 27.8 Å². The van der Waals surface area contributed by atoms with E-state index in [1.807, 2.05) is 72.1 Å². The number of hydrogen-bond donors (Lipinski definition) is 1. The molecule has 0 amide bonds. The Kier molecular flexibility index (Phi) is 8.56. The summed E-state index contributed by atoms with van der Waals surface area (Å²) in [5.74, 6) is -0.240. The van der Waals surface area contributed by atoms with E-state index in [2.05, 4.69) is 16.5 Å². The summed E-state index contributed by atoms with van der Waals surface area (Å²) in [6, 6.07) is 21.8. The van der Waals surface area contributed by atoms with Crippen LogP contribution in [0.2, 0.25) is 5.02 Å². The highest BCUT2D eigenvalue weighted by molar-refractivity contribution is 7.10. The minimum absolute atomic E-state index is 0.266. The minimum Gasteiger partial charge on any atom is -0.478 e. The van der Waals surface area contributed by atoms with Crippen LogP contribution in [0.3, 0.4) is 0 Å². The van der Waals surface area contributed by atoms with E-state index in [4.69, 9.17) is 11.6 Å². The lowest BCUT2D eigenvalue weighted by Gasteiger charge is -2.18. The van der Waals surface area contributed by atoms with Crippen LogP contribution in [0.4, 0.5) is 0 Å². The second-order valence-corrected chi connectivity index (χ2v) is 9.93. The van der Waals surface area contributed by atoms with Gasteiger partial charge in [0.25, 0.3) is 0 Å². The fourth-order valence-corrected chi connectivity index (χ4v) is 5.27. The normalized spacial score (nSPS) is 12.6. The van der Waals surface area contributed by atoms with Gasteiger partial charge in [-0.25, -0.2) is 9.78 Å². The van der Waals surface area contributed by atoms with Gasteiger partial charge in [-0.05, 0) is 47.6 Å². The zero-order valence-corrected chi connectivity index (χ0v) is 21.3. The van der Waals surface area contributed by atoms with E-state index in [0.717, 1.165) is 46.8 Å². The highest BCUT2D eigenvalue weighted by atomic mass is 35.5. The van der Waals surface area contributed by atoms with Crippen molar-refractivity contribution in [1.82, 2.24) is 9.55 Å². The van der Waals surface area contributed by atoms with E-state index >= 15 is 0 Å². The smallest absolute Gasteiger partial charge is 0.332 e. The molecule has 2 heterocycles. The molecule has 0 spiro atoms. The second-order valence-electron chi connectivity index (χ2n) is 8.54. The molecule has 0 bridgehead atoms. The molecule has 2 aromatic carbocycles. The van der Waals surface area contributed by atoms with Gasteiger partial charge in [-0.1, -0.05) is 79.5 Å². The maximum Gasteiger partial charge on any atom is 0.332 e. The Morgan fingerprint density at radius 1 is 1.11 bits per heavy atom. The van der Waals surface area contributed by atoms with Crippen molar-refractivity contribution in [3.63, 3.8) is 0 Å². The fraction of sp³-hybridized carbons (Fsp3) is 0.241. The number of hydrogen-bond acceptors (Lipinski definition) is 3. The van der Waals surface area contributed by atoms with E-state index in [1.165, 1.54) is 0 Å². The van der Waals surface area contributed by atoms with Gasteiger partial charge in [0.05, 0.1) is 18.4 Å². The Hall–Kier alpha value is -3.15. The van der Waals surface area contributed by atoms with E-state index in [9.17, 15) is 9.90 Å². The number of rotatable bonds is 11. The van der Waals surface area contributed by atoms with E-state index in [1.54, 1.807) is 23.6 Å². The van der Waals surface area contributed by atoms with Crippen molar-refractivity contribution >= 4 is 35.0 Å². The molecule has 180 valence electrons. The maximum atomic E-state index is 12.6. The summed E-state index contributed by atoms with van der Waals surface area (Å²) < 4.78 is 2.10. The average molecular weight is 505 g/mol. The number of imidazole rings is 1. The lowest BCUT2D eigenvalue weighted by Crippen LogP contribution is -2.14. The van der Waals surface area contributed by atoms with Crippen LogP contribution in [-0.2, 0) is 24.2 Å². The van der Waals surface area contributed by atoms with Crippen LogP contribution in [0.25, 0.3) is 6.08 Å². The minimum atomic E-state index is -0.917. The van der Waals surface area contributed by atoms with Gasteiger partial charge >= 0.3 is 5.97 Å². The average Bonchev–Trinajstić information content (AvgIpc) is 3.52. The van der Waals surface area contributed by atoms with Crippen molar-refractivity contribution in [1.29, 1.82) is 0 Å². The number of aromatic nitrogens is 2. The van der Waals surface area contributed by atoms with Gasteiger partial charge in [-0.3, -0.25) is 0 Å². The van der Waals surface area contributed by atoms with Crippen LogP contribution < -0.4 is 0 Å². The Morgan fingerprint density at radius 2 is 1.89 bits per heavy atom. The molecular formula is C29H29ClN2O2S. The highest BCUT2D eigenvalue weighted by Crippen LogP contribution is 2.33. The van der Waals surface area contributed by atoms with Gasteiger partial charge in [0.15, 0.2) is 0 Å². The summed E-state index contributed by atoms with van der Waals surface area (Å²) >= 11 is 8.06. The SMILES string of the molecule is CCCCc1ncc(C=C(C(=O)O)C(Cc2ccccc2)c2cccs2)n1Cc1ccccc1Cl. The number of halogens is 1. The molecule has 4 rings (SSSR count). The van der Waals surface area contributed by atoms with Crippen LogP contribution >= 0.6 is 22.9 Å². The van der Waals surface area contributed by atoms with Crippen molar-refractivity contribution in [2.45, 2.75) is 45.1 Å². The second kappa shape index (κ2) is 12.0. The van der Waals surface area contributed by atoms with E-state index < -0.39 is 5.97 Å². The monoisotopic (exact) mass is 504 g/mol. The molecule has 35 heavy (non-hydrogen) atoms. The topological polar surface area (TPSA) is 55.1 Å². The summed E-state index contributed by atoms with van der Waals surface area (Å²) in [5, 5.41) is 13.0. The number of aryl methyl sites for hydroxylation is 1. The first kappa shape index (κ1) is 25.0. The largest absolute Gasteiger partial charge is 0.478 e. The molecule has 0 aliphatic carbocycles. The summed E-state index contributed by atoms with van der Waals surface area (Å²) in [7, 11) is 0. The van der Waals surface area contributed by atoms with Gasteiger partial charge in [0.1, 0.15) is 5.82 Å². The lowest BCUT2D eigenvalue weighted by molar-refractivity contribution is -0.132. The molecule has 2 aromatic heterocycles. The number of benzene rings is 2. The number of thiophene rings is 1. The van der Waals surface area contributed by atoms with Crippen molar-refractivity contribution in [2.24, 2.45) is 0 Å². The zero-order chi connectivity index (χ0) is 24.6. The maximum absolute atomic E-state index is 12.6. The molecule has 0 saturated carbocycles. The Bertz CT molecular complexity index is 1280. The predicted molar refractivity (Wildman–Crippen MR) is 144 cm³/mol.